The Labute approximate surface area is 272 Å². The van der Waals surface area contributed by atoms with Gasteiger partial charge >= 0.3 is 0 Å². The van der Waals surface area contributed by atoms with Crippen molar-refractivity contribution in [3.8, 4) is 23.0 Å². The van der Waals surface area contributed by atoms with Crippen LogP contribution in [0, 0.1) is 0 Å². The first-order chi connectivity index (χ1) is 22.5. The van der Waals surface area contributed by atoms with Crippen molar-refractivity contribution in [1.82, 2.24) is 0 Å². The summed E-state index contributed by atoms with van der Waals surface area (Å²) in [5, 5.41) is 0. The van der Waals surface area contributed by atoms with E-state index in [1.54, 1.807) is 36.4 Å². The standard InChI is InChI=1S/C39H39NO5S/c1-2-11-30-16-20-32(21-17-30)43-28-9-3-4-10-29-44-33-22-26-35(27-23-33)46(41,42)34-24-18-31(19-25-34)40-36-12-5-7-14-38(36)45-39-15-8-6-13-37(39)40/h5-8,12-27H,2-4,9-11,28-29H2,1H3. The van der Waals surface area contributed by atoms with Crippen molar-refractivity contribution in [3.63, 3.8) is 0 Å². The summed E-state index contributed by atoms with van der Waals surface area (Å²) in [7, 11) is -3.70. The maximum absolute atomic E-state index is 13.5. The normalized spacial score (nSPS) is 12.2. The minimum atomic E-state index is -3.70. The van der Waals surface area contributed by atoms with Gasteiger partial charge in [-0.2, -0.15) is 0 Å². The summed E-state index contributed by atoms with van der Waals surface area (Å²) >= 11 is 0. The zero-order chi connectivity index (χ0) is 31.8. The van der Waals surface area contributed by atoms with Gasteiger partial charge in [0.1, 0.15) is 11.5 Å². The third-order valence-corrected chi connectivity index (χ3v) is 9.80. The molecule has 5 aromatic carbocycles. The molecule has 0 spiro atoms. The molecule has 0 saturated heterocycles. The van der Waals surface area contributed by atoms with Gasteiger partial charge in [-0.15, -0.1) is 0 Å². The van der Waals surface area contributed by atoms with Crippen LogP contribution in [-0.2, 0) is 16.3 Å². The zero-order valence-electron chi connectivity index (χ0n) is 26.1. The maximum Gasteiger partial charge on any atom is 0.206 e. The van der Waals surface area contributed by atoms with Gasteiger partial charge in [0.25, 0.3) is 0 Å². The first-order valence-electron chi connectivity index (χ1n) is 16.0. The van der Waals surface area contributed by atoms with E-state index in [1.165, 1.54) is 5.56 Å². The van der Waals surface area contributed by atoms with Gasteiger partial charge in [-0.3, -0.25) is 0 Å². The predicted molar refractivity (Wildman–Crippen MR) is 183 cm³/mol. The molecule has 0 bridgehead atoms. The average molecular weight is 634 g/mol. The summed E-state index contributed by atoms with van der Waals surface area (Å²) < 4.78 is 44.8. The minimum absolute atomic E-state index is 0.231. The Kier molecular flexibility index (Phi) is 9.89. The molecule has 46 heavy (non-hydrogen) atoms. The second-order valence-electron chi connectivity index (χ2n) is 11.3. The van der Waals surface area contributed by atoms with Crippen molar-refractivity contribution in [3.05, 3.63) is 127 Å². The van der Waals surface area contributed by atoms with Crippen LogP contribution in [0.3, 0.4) is 0 Å². The fourth-order valence-electron chi connectivity index (χ4n) is 5.59. The van der Waals surface area contributed by atoms with Crippen molar-refractivity contribution in [2.24, 2.45) is 0 Å². The van der Waals surface area contributed by atoms with Gasteiger partial charge in [0.2, 0.25) is 9.84 Å². The van der Waals surface area contributed by atoms with E-state index in [2.05, 4.69) is 36.1 Å². The monoisotopic (exact) mass is 633 g/mol. The Morgan fingerprint density at radius 2 is 1.07 bits per heavy atom. The lowest BCUT2D eigenvalue weighted by molar-refractivity contribution is 0.287. The Morgan fingerprint density at radius 1 is 0.587 bits per heavy atom. The third-order valence-electron chi connectivity index (χ3n) is 8.01. The van der Waals surface area contributed by atoms with Crippen molar-refractivity contribution < 1.29 is 22.6 Å². The van der Waals surface area contributed by atoms with E-state index in [0.29, 0.717) is 19.0 Å². The van der Waals surface area contributed by atoms with Crippen molar-refractivity contribution in [2.45, 2.75) is 55.2 Å². The summed E-state index contributed by atoms with van der Waals surface area (Å²) in [4.78, 5) is 2.55. The molecular formula is C39H39NO5S. The van der Waals surface area contributed by atoms with Crippen molar-refractivity contribution >= 4 is 26.9 Å². The van der Waals surface area contributed by atoms with E-state index < -0.39 is 9.84 Å². The molecule has 5 aromatic rings. The molecule has 0 aromatic heterocycles. The fourth-order valence-corrected chi connectivity index (χ4v) is 6.85. The number of fused-ring (bicyclic) bond motifs is 2. The topological polar surface area (TPSA) is 65.1 Å². The molecule has 6 nitrogen and oxygen atoms in total. The van der Waals surface area contributed by atoms with Gasteiger partial charge in [-0.1, -0.05) is 49.7 Å². The molecule has 0 amide bonds. The van der Waals surface area contributed by atoms with Crippen LogP contribution in [0.2, 0.25) is 0 Å². The average Bonchev–Trinajstić information content (AvgIpc) is 3.09. The molecule has 1 heterocycles. The number of aryl methyl sites for hydroxylation is 1. The Balaban J connectivity index is 0.990. The molecule has 0 fully saturated rings. The van der Waals surface area contributed by atoms with Crippen LogP contribution in [0.15, 0.2) is 131 Å². The molecule has 236 valence electrons. The number of benzene rings is 5. The Hall–Kier alpha value is -4.75. The highest BCUT2D eigenvalue weighted by molar-refractivity contribution is 7.91. The largest absolute Gasteiger partial charge is 0.494 e. The summed E-state index contributed by atoms with van der Waals surface area (Å²) in [6, 6.07) is 37.7. The highest BCUT2D eigenvalue weighted by atomic mass is 32.2. The molecule has 0 unspecified atom stereocenters. The molecule has 1 aliphatic heterocycles. The van der Waals surface area contributed by atoms with Crippen LogP contribution in [0.4, 0.5) is 17.1 Å². The van der Waals surface area contributed by atoms with Gasteiger partial charge < -0.3 is 19.1 Å². The van der Waals surface area contributed by atoms with Gasteiger partial charge in [0.05, 0.1) is 34.4 Å². The lowest BCUT2D eigenvalue weighted by atomic mass is 10.1. The summed E-state index contributed by atoms with van der Waals surface area (Å²) in [5.41, 5.74) is 3.98. The first-order valence-corrected chi connectivity index (χ1v) is 17.5. The Morgan fingerprint density at radius 3 is 1.59 bits per heavy atom. The van der Waals surface area contributed by atoms with E-state index >= 15 is 0 Å². The maximum atomic E-state index is 13.5. The second kappa shape index (κ2) is 14.6. The molecule has 0 radical (unpaired) electrons. The van der Waals surface area contributed by atoms with Crippen LogP contribution in [0.1, 0.15) is 44.6 Å². The molecule has 0 N–H and O–H groups in total. The zero-order valence-corrected chi connectivity index (χ0v) is 26.9. The number of para-hydroxylation sites is 4. The number of nitrogens with zero attached hydrogens (tertiary/aromatic N) is 1. The number of anilines is 3. The number of ether oxygens (including phenoxy) is 3. The minimum Gasteiger partial charge on any atom is -0.494 e. The number of unbranched alkanes of at least 4 members (excludes halogenated alkanes) is 3. The number of sulfone groups is 1. The lowest BCUT2D eigenvalue weighted by Gasteiger charge is -2.32. The number of hydrogen-bond donors (Lipinski definition) is 0. The summed E-state index contributed by atoms with van der Waals surface area (Å²) in [5.74, 6) is 3.08. The van der Waals surface area contributed by atoms with Crippen molar-refractivity contribution in [2.75, 3.05) is 18.1 Å². The quantitative estimate of drug-likeness (QED) is 0.111. The van der Waals surface area contributed by atoms with E-state index in [9.17, 15) is 8.42 Å². The fraction of sp³-hybridized carbons (Fsp3) is 0.231. The van der Waals surface area contributed by atoms with Gasteiger partial charge in [0, 0.05) is 5.69 Å². The van der Waals surface area contributed by atoms with Gasteiger partial charge in [-0.05, 0) is 123 Å². The van der Waals surface area contributed by atoms with Crippen LogP contribution < -0.4 is 19.1 Å². The highest BCUT2D eigenvalue weighted by Gasteiger charge is 2.26. The lowest BCUT2D eigenvalue weighted by Crippen LogP contribution is -2.15. The Bertz CT molecular complexity index is 1790. The molecule has 0 atom stereocenters. The smallest absolute Gasteiger partial charge is 0.206 e. The van der Waals surface area contributed by atoms with E-state index in [-0.39, 0.29) is 9.79 Å². The predicted octanol–water partition coefficient (Wildman–Crippen LogP) is 10.1. The molecular weight excluding hydrogens is 594 g/mol. The van der Waals surface area contributed by atoms with Gasteiger partial charge in [-0.25, -0.2) is 8.42 Å². The third kappa shape index (κ3) is 7.21. The SMILES string of the molecule is CCCc1ccc(OCCCCCCOc2ccc(S(=O)(=O)c3ccc(N4c5ccccc5Oc5ccccc54)cc3)cc2)cc1. The van der Waals surface area contributed by atoms with Gasteiger partial charge in [0.15, 0.2) is 11.5 Å². The van der Waals surface area contributed by atoms with Crippen LogP contribution in [0.25, 0.3) is 0 Å². The van der Waals surface area contributed by atoms with Crippen LogP contribution in [0.5, 0.6) is 23.0 Å². The number of rotatable bonds is 14. The first kappa shape index (κ1) is 31.2. The summed E-state index contributed by atoms with van der Waals surface area (Å²) in [6.07, 6.45) is 6.28. The molecule has 0 saturated carbocycles. The molecule has 7 heteroatoms. The molecule has 0 aliphatic carbocycles. The van der Waals surface area contributed by atoms with Crippen LogP contribution >= 0.6 is 0 Å². The highest BCUT2D eigenvalue weighted by Crippen LogP contribution is 2.50. The van der Waals surface area contributed by atoms with E-state index in [1.807, 2.05) is 60.7 Å². The second-order valence-corrected chi connectivity index (χ2v) is 13.3. The van der Waals surface area contributed by atoms with E-state index in [0.717, 1.165) is 72.8 Å². The van der Waals surface area contributed by atoms with Crippen LogP contribution in [-0.4, -0.2) is 21.6 Å². The summed E-state index contributed by atoms with van der Waals surface area (Å²) in [6.45, 7) is 3.48. The molecule has 6 rings (SSSR count). The van der Waals surface area contributed by atoms with Crippen molar-refractivity contribution in [1.29, 1.82) is 0 Å². The number of hydrogen-bond acceptors (Lipinski definition) is 6. The van der Waals surface area contributed by atoms with E-state index in [4.69, 9.17) is 14.2 Å². The molecule has 1 aliphatic rings.